The average molecular weight is 315 g/mol. The summed E-state index contributed by atoms with van der Waals surface area (Å²) in [5.74, 6) is -0.209. The van der Waals surface area contributed by atoms with Gasteiger partial charge in [-0.1, -0.05) is 37.5 Å². The van der Waals surface area contributed by atoms with Crippen molar-refractivity contribution in [1.29, 1.82) is 0 Å². The topological polar surface area (TPSA) is 68.5 Å². The Balaban J connectivity index is 1.45. The zero-order valence-corrected chi connectivity index (χ0v) is 13.0. The van der Waals surface area contributed by atoms with Crippen molar-refractivity contribution in [3.05, 3.63) is 36.1 Å². The highest BCUT2D eigenvalue weighted by atomic mass is 16.5. The number of nitrogens with one attached hydrogen (secondary N) is 1. The lowest BCUT2D eigenvalue weighted by Crippen LogP contribution is -2.33. The summed E-state index contributed by atoms with van der Waals surface area (Å²) >= 11 is 0. The Kier molecular flexibility index (Phi) is 4.95. The molecular formula is C18H21NO4. The first-order valence-corrected chi connectivity index (χ1v) is 8.15. The number of amides is 1. The summed E-state index contributed by atoms with van der Waals surface area (Å²) in [6.07, 6.45) is 6.10. The third-order valence-electron chi connectivity index (χ3n) is 4.27. The monoisotopic (exact) mass is 315 g/mol. The van der Waals surface area contributed by atoms with Crippen LogP contribution in [-0.4, -0.2) is 25.0 Å². The van der Waals surface area contributed by atoms with Crippen LogP contribution in [0.4, 0.5) is 0 Å². The summed E-state index contributed by atoms with van der Waals surface area (Å²) in [5, 5.41) is 3.67. The van der Waals surface area contributed by atoms with Crippen LogP contribution < -0.4 is 5.32 Å². The normalized spacial score (nSPS) is 15.5. The number of furan rings is 1. The molecule has 2 aromatic rings. The minimum Gasteiger partial charge on any atom is -0.450 e. The second-order valence-electron chi connectivity index (χ2n) is 6.03. The van der Waals surface area contributed by atoms with E-state index in [1.165, 1.54) is 32.1 Å². The van der Waals surface area contributed by atoms with Crippen molar-refractivity contribution in [2.45, 2.75) is 32.1 Å². The van der Waals surface area contributed by atoms with Gasteiger partial charge in [0.05, 0.1) is 0 Å². The molecule has 1 aromatic carbocycles. The molecule has 0 aliphatic heterocycles. The summed E-state index contributed by atoms with van der Waals surface area (Å²) in [7, 11) is 0. The Morgan fingerprint density at radius 3 is 2.74 bits per heavy atom. The number of esters is 1. The van der Waals surface area contributed by atoms with Crippen LogP contribution in [-0.2, 0) is 9.53 Å². The molecule has 5 heteroatoms. The highest BCUT2D eigenvalue weighted by Gasteiger charge is 2.17. The van der Waals surface area contributed by atoms with Crippen LogP contribution >= 0.6 is 0 Å². The summed E-state index contributed by atoms with van der Waals surface area (Å²) in [6, 6.07) is 8.96. The van der Waals surface area contributed by atoms with Crippen molar-refractivity contribution in [3.63, 3.8) is 0 Å². The quantitative estimate of drug-likeness (QED) is 0.860. The van der Waals surface area contributed by atoms with Crippen molar-refractivity contribution >= 4 is 22.8 Å². The van der Waals surface area contributed by atoms with Crippen LogP contribution in [0.15, 0.2) is 34.7 Å². The predicted octanol–water partition coefficient (Wildman–Crippen LogP) is 3.29. The molecule has 1 saturated carbocycles. The number of fused-ring (bicyclic) bond motifs is 1. The number of rotatable bonds is 5. The fraction of sp³-hybridized carbons (Fsp3) is 0.444. The van der Waals surface area contributed by atoms with Gasteiger partial charge in [-0.15, -0.1) is 0 Å². The molecule has 3 rings (SSSR count). The zero-order valence-electron chi connectivity index (χ0n) is 13.0. The third kappa shape index (κ3) is 4.12. The summed E-state index contributed by atoms with van der Waals surface area (Å²) in [5.41, 5.74) is 0.626. The number of carbonyl (C=O) groups is 2. The van der Waals surface area contributed by atoms with Gasteiger partial charge in [0, 0.05) is 11.9 Å². The molecular weight excluding hydrogens is 294 g/mol. The van der Waals surface area contributed by atoms with E-state index >= 15 is 0 Å². The van der Waals surface area contributed by atoms with Gasteiger partial charge in [0.15, 0.2) is 6.61 Å². The van der Waals surface area contributed by atoms with Crippen molar-refractivity contribution in [2.24, 2.45) is 5.92 Å². The maximum Gasteiger partial charge on any atom is 0.374 e. The van der Waals surface area contributed by atoms with Gasteiger partial charge in [0.25, 0.3) is 5.91 Å². The van der Waals surface area contributed by atoms with Crippen LogP contribution in [0.5, 0.6) is 0 Å². The van der Waals surface area contributed by atoms with Gasteiger partial charge in [-0.2, -0.15) is 0 Å². The highest BCUT2D eigenvalue weighted by molar-refractivity contribution is 5.93. The molecule has 1 aromatic heterocycles. The lowest BCUT2D eigenvalue weighted by molar-refractivity contribution is -0.124. The highest BCUT2D eigenvalue weighted by Crippen LogP contribution is 2.22. The summed E-state index contributed by atoms with van der Waals surface area (Å²) in [6.45, 7) is 0.392. The van der Waals surface area contributed by atoms with Crippen LogP contribution in [0.25, 0.3) is 11.0 Å². The van der Waals surface area contributed by atoms with Crippen molar-refractivity contribution < 1.29 is 18.7 Å². The van der Waals surface area contributed by atoms with Gasteiger partial charge in [-0.25, -0.2) is 4.79 Å². The van der Waals surface area contributed by atoms with Gasteiger partial charge in [-0.3, -0.25) is 4.79 Å². The molecule has 0 atom stereocenters. The zero-order chi connectivity index (χ0) is 16.1. The van der Waals surface area contributed by atoms with Gasteiger partial charge in [0.1, 0.15) is 5.58 Å². The molecule has 0 spiro atoms. The number of para-hydroxylation sites is 1. The molecule has 1 heterocycles. The molecule has 122 valence electrons. The Bertz CT molecular complexity index is 652. The molecule has 1 aliphatic carbocycles. The Hall–Kier alpha value is -2.30. The minimum atomic E-state index is -0.617. The molecule has 1 fully saturated rings. The lowest BCUT2D eigenvalue weighted by atomic mass is 9.89. The van der Waals surface area contributed by atoms with E-state index in [0.29, 0.717) is 18.0 Å². The standard InChI is InChI=1S/C18H21NO4/c20-17(19-11-13-6-2-1-3-7-13)12-22-18(21)16-10-14-8-4-5-9-15(14)23-16/h4-5,8-10,13H,1-3,6-7,11-12H2,(H,19,20). The smallest absolute Gasteiger partial charge is 0.374 e. The molecule has 1 amide bonds. The van der Waals surface area contributed by atoms with Crippen molar-refractivity contribution in [2.75, 3.05) is 13.2 Å². The Labute approximate surface area is 135 Å². The molecule has 1 aliphatic rings. The summed E-state index contributed by atoms with van der Waals surface area (Å²) in [4.78, 5) is 23.7. The van der Waals surface area contributed by atoms with E-state index in [4.69, 9.17) is 9.15 Å². The molecule has 0 radical (unpaired) electrons. The molecule has 1 N–H and O–H groups in total. The Morgan fingerprint density at radius 1 is 1.17 bits per heavy atom. The van der Waals surface area contributed by atoms with E-state index in [1.54, 1.807) is 12.1 Å². The number of benzene rings is 1. The molecule has 0 unspecified atom stereocenters. The number of ether oxygens (including phenoxy) is 1. The van der Waals surface area contributed by atoms with Crippen LogP contribution in [0.2, 0.25) is 0 Å². The average Bonchev–Trinajstić information content (AvgIpc) is 3.03. The first-order valence-electron chi connectivity index (χ1n) is 8.15. The maximum absolute atomic E-state index is 11.9. The largest absolute Gasteiger partial charge is 0.450 e. The van der Waals surface area contributed by atoms with Crippen LogP contribution in [0, 0.1) is 5.92 Å². The number of carbonyl (C=O) groups excluding carboxylic acids is 2. The van der Waals surface area contributed by atoms with Crippen LogP contribution in [0.1, 0.15) is 42.7 Å². The van der Waals surface area contributed by atoms with Gasteiger partial charge in [-0.05, 0) is 30.9 Å². The van der Waals surface area contributed by atoms with E-state index in [-0.39, 0.29) is 18.3 Å². The van der Waals surface area contributed by atoms with Crippen molar-refractivity contribution in [1.82, 2.24) is 5.32 Å². The van der Waals surface area contributed by atoms with E-state index < -0.39 is 5.97 Å². The summed E-state index contributed by atoms with van der Waals surface area (Å²) < 4.78 is 10.4. The van der Waals surface area contributed by atoms with E-state index in [1.807, 2.05) is 18.2 Å². The second-order valence-corrected chi connectivity index (χ2v) is 6.03. The van der Waals surface area contributed by atoms with Gasteiger partial charge in [0.2, 0.25) is 5.76 Å². The van der Waals surface area contributed by atoms with Crippen molar-refractivity contribution in [3.8, 4) is 0 Å². The fourth-order valence-corrected chi connectivity index (χ4v) is 2.99. The minimum absolute atomic E-state index is 0.117. The van der Waals surface area contributed by atoms with E-state index in [2.05, 4.69) is 5.32 Å². The first-order chi connectivity index (χ1) is 11.2. The fourth-order valence-electron chi connectivity index (χ4n) is 2.99. The van der Waals surface area contributed by atoms with E-state index in [9.17, 15) is 9.59 Å². The predicted molar refractivity (Wildman–Crippen MR) is 86.1 cm³/mol. The lowest BCUT2D eigenvalue weighted by Gasteiger charge is -2.21. The maximum atomic E-state index is 11.9. The molecule has 0 saturated heterocycles. The molecule has 5 nitrogen and oxygen atoms in total. The number of hydrogen-bond acceptors (Lipinski definition) is 4. The SMILES string of the molecule is O=C(COC(=O)c1cc2ccccc2o1)NCC1CCCCC1. The Morgan fingerprint density at radius 2 is 1.96 bits per heavy atom. The van der Waals surface area contributed by atoms with Gasteiger partial charge < -0.3 is 14.5 Å². The van der Waals surface area contributed by atoms with Crippen LogP contribution in [0.3, 0.4) is 0 Å². The third-order valence-corrected chi connectivity index (χ3v) is 4.27. The second kappa shape index (κ2) is 7.31. The van der Waals surface area contributed by atoms with E-state index in [0.717, 1.165) is 5.39 Å². The molecule has 0 bridgehead atoms. The number of hydrogen-bond donors (Lipinski definition) is 1. The van der Waals surface area contributed by atoms with Gasteiger partial charge >= 0.3 is 5.97 Å². The first kappa shape index (κ1) is 15.6. The molecule has 23 heavy (non-hydrogen) atoms.